The lowest BCUT2D eigenvalue weighted by molar-refractivity contribution is 0.324. The van der Waals surface area contributed by atoms with Crippen LogP contribution in [-0.4, -0.2) is 13.7 Å². The van der Waals surface area contributed by atoms with Crippen molar-refractivity contribution in [1.82, 2.24) is 0 Å². The molecule has 4 nitrogen and oxygen atoms in total. The van der Waals surface area contributed by atoms with Crippen LogP contribution in [0.15, 0.2) is 56.8 Å². The van der Waals surface area contributed by atoms with Crippen LogP contribution < -0.4 is 15.1 Å². The van der Waals surface area contributed by atoms with Crippen LogP contribution >= 0.6 is 0 Å². The van der Waals surface area contributed by atoms with Crippen LogP contribution in [0.25, 0.3) is 11.0 Å². The molecule has 0 radical (unpaired) electrons. The van der Waals surface area contributed by atoms with E-state index < -0.39 is 5.63 Å². The molecule has 2 rings (SSSR count). The molecular formula is C20H24O4. The van der Waals surface area contributed by atoms with E-state index in [-0.39, 0.29) is 0 Å². The first kappa shape index (κ1) is 17.9. The van der Waals surface area contributed by atoms with Gasteiger partial charge in [-0.25, -0.2) is 4.79 Å². The fourth-order valence-electron chi connectivity index (χ4n) is 2.36. The molecular weight excluding hydrogens is 304 g/mol. The van der Waals surface area contributed by atoms with Crippen molar-refractivity contribution in [1.29, 1.82) is 0 Å². The van der Waals surface area contributed by atoms with E-state index >= 15 is 0 Å². The third kappa shape index (κ3) is 4.75. The summed E-state index contributed by atoms with van der Waals surface area (Å²) < 4.78 is 16.4. The molecule has 0 unspecified atom stereocenters. The van der Waals surface area contributed by atoms with Crippen LogP contribution in [0.1, 0.15) is 33.6 Å². The molecule has 0 aliphatic rings. The molecule has 0 spiro atoms. The molecule has 0 saturated carbocycles. The number of fused-ring (bicyclic) bond motifs is 1. The third-order valence-electron chi connectivity index (χ3n) is 3.67. The highest BCUT2D eigenvalue weighted by Gasteiger charge is 2.12. The predicted octanol–water partition coefficient (Wildman–Crippen LogP) is 4.87. The maximum absolute atomic E-state index is 11.4. The largest absolute Gasteiger partial charge is 0.490 e. The minimum absolute atomic E-state index is 0.409. The van der Waals surface area contributed by atoms with Gasteiger partial charge in [0.2, 0.25) is 5.75 Å². The first-order chi connectivity index (χ1) is 11.5. The number of ether oxygens (including phenoxy) is 2. The highest BCUT2D eigenvalue weighted by Crippen LogP contribution is 2.34. The molecule has 128 valence electrons. The van der Waals surface area contributed by atoms with Crippen LogP contribution in [0.3, 0.4) is 0 Å². The second-order valence-electron chi connectivity index (χ2n) is 5.95. The van der Waals surface area contributed by atoms with Gasteiger partial charge in [-0.1, -0.05) is 17.2 Å². The number of benzene rings is 1. The lowest BCUT2D eigenvalue weighted by Crippen LogP contribution is -2.00. The van der Waals surface area contributed by atoms with Crippen LogP contribution in [0.4, 0.5) is 0 Å². The lowest BCUT2D eigenvalue weighted by Gasteiger charge is -2.11. The Kier molecular flexibility index (Phi) is 6.24. The van der Waals surface area contributed by atoms with Crippen molar-refractivity contribution in [3.63, 3.8) is 0 Å². The molecule has 0 saturated heterocycles. The minimum atomic E-state index is -0.409. The van der Waals surface area contributed by atoms with Gasteiger partial charge in [-0.2, -0.15) is 0 Å². The lowest BCUT2D eigenvalue weighted by atomic mass is 10.1. The Labute approximate surface area is 142 Å². The summed E-state index contributed by atoms with van der Waals surface area (Å²) in [5, 5.41) is 0.798. The minimum Gasteiger partial charge on any atom is -0.490 e. The number of hydrogen-bond donors (Lipinski definition) is 0. The summed E-state index contributed by atoms with van der Waals surface area (Å²) in [6.45, 7) is 6.75. The van der Waals surface area contributed by atoms with E-state index in [1.165, 1.54) is 24.3 Å². The van der Waals surface area contributed by atoms with Gasteiger partial charge in [0.05, 0.1) is 7.11 Å². The molecule has 4 heteroatoms. The van der Waals surface area contributed by atoms with Gasteiger partial charge in [0.1, 0.15) is 6.61 Å². The monoisotopic (exact) mass is 328 g/mol. The quantitative estimate of drug-likeness (QED) is 0.537. The summed E-state index contributed by atoms with van der Waals surface area (Å²) in [6.07, 6.45) is 6.34. The zero-order chi connectivity index (χ0) is 17.5. The number of methoxy groups -OCH3 is 1. The molecule has 1 heterocycles. The third-order valence-corrected chi connectivity index (χ3v) is 3.67. The van der Waals surface area contributed by atoms with E-state index in [0.717, 1.165) is 18.2 Å². The molecule has 2 aromatic rings. The molecule has 0 aliphatic heterocycles. The maximum Gasteiger partial charge on any atom is 0.336 e. The van der Waals surface area contributed by atoms with Gasteiger partial charge in [-0.15, -0.1) is 0 Å². The predicted molar refractivity (Wildman–Crippen MR) is 97.0 cm³/mol. The Balaban J connectivity index is 2.10. The summed E-state index contributed by atoms with van der Waals surface area (Å²) in [5.74, 6) is 1.01. The smallest absolute Gasteiger partial charge is 0.336 e. The fraction of sp³-hybridized carbons (Fsp3) is 0.350. The zero-order valence-corrected chi connectivity index (χ0v) is 14.7. The van der Waals surface area contributed by atoms with Crippen molar-refractivity contribution in [3.8, 4) is 11.5 Å². The average Bonchev–Trinajstić information content (AvgIpc) is 2.54. The second kappa shape index (κ2) is 8.39. The van der Waals surface area contributed by atoms with Crippen molar-refractivity contribution < 1.29 is 13.9 Å². The molecule has 1 aromatic carbocycles. The van der Waals surface area contributed by atoms with E-state index in [1.54, 1.807) is 6.07 Å². The highest BCUT2D eigenvalue weighted by molar-refractivity contribution is 5.85. The summed E-state index contributed by atoms with van der Waals surface area (Å²) in [4.78, 5) is 11.4. The molecule has 0 aliphatic carbocycles. The van der Waals surface area contributed by atoms with E-state index in [1.807, 2.05) is 12.1 Å². The standard InChI is InChI=1S/C20H24O4/c1-14(2)6-5-7-15(3)12-13-23-17-10-8-16-9-11-18(21)24-19(16)20(17)22-4/h6,8-12H,5,7,13H2,1-4H3/b15-12+. The Morgan fingerprint density at radius 2 is 1.88 bits per heavy atom. The van der Waals surface area contributed by atoms with Crippen molar-refractivity contribution in [3.05, 3.63) is 58.0 Å². The Bertz CT molecular complexity index is 808. The SMILES string of the molecule is COc1c(OC/C=C(\C)CCC=C(C)C)ccc2ccc(=O)oc12. The molecule has 24 heavy (non-hydrogen) atoms. The first-order valence-electron chi connectivity index (χ1n) is 8.04. The van der Waals surface area contributed by atoms with Gasteiger partial charge in [0.15, 0.2) is 11.3 Å². The Morgan fingerprint density at radius 3 is 2.58 bits per heavy atom. The number of rotatable bonds is 7. The first-order valence-corrected chi connectivity index (χ1v) is 8.04. The zero-order valence-electron chi connectivity index (χ0n) is 14.7. The molecule has 0 bridgehead atoms. The maximum atomic E-state index is 11.4. The normalized spacial score (nSPS) is 11.4. The van der Waals surface area contributed by atoms with Gasteiger partial charge in [-0.05, 0) is 57.9 Å². The van der Waals surface area contributed by atoms with Crippen LogP contribution in [0.2, 0.25) is 0 Å². The molecule has 0 amide bonds. The van der Waals surface area contributed by atoms with Crippen LogP contribution in [-0.2, 0) is 0 Å². The van der Waals surface area contributed by atoms with Crippen molar-refractivity contribution >= 4 is 11.0 Å². The van der Waals surface area contributed by atoms with E-state index in [9.17, 15) is 4.79 Å². The van der Waals surface area contributed by atoms with Crippen molar-refractivity contribution in [2.45, 2.75) is 33.6 Å². The van der Waals surface area contributed by atoms with Crippen molar-refractivity contribution in [2.24, 2.45) is 0 Å². The summed E-state index contributed by atoms with van der Waals surface area (Å²) in [5.41, 5.74) is 2.61. The number of allylic oxidation sites excluding steroid dienone is 3. The van der Waals surface area contributed by atoms with E-state index in [4.69, 9.17) is 13.9 Å². The van der Waals surface area contributed by atoms with Crippen LogP contribution in [0, 0.1) is 0 Å². The summed E-state index contributed by atoms with van der Waals surface area (Å²) in [6, 6.07) is 6.77. The fourth-order valence-corrected chi connectivity index (χ4v) is 2.36. The topological polar surface area (TPSA) is 48.7 Å². The average molecular weight is 328 g/mol. The van der Waals surface area contributed by atoms with Gasteiger partial charge >= 0.3 is 5.63 Å². The summed E-state index contributed by atoms with van der Waals surface area (Å²) >= 11 is 0. The summed E-state index contributed by atoms with van der Waals surface area (Å²) in [7, 11) is 1.54. The second-order valence-corrected chi connectivity index (χ2v) is 5.95. The van der Waals surface area contributed by atoms with Gasteiger partial charge < -0.3 is 13.9 Å². The Morgan fingerprint density at radius 1 is 1.12 bits per heavy atom. The molecule has 1 aromatic heterocycles. The van der Waals surface area contributed by atoms with Gasteiger partial charge in [0.25, 0.3) is 0 Å². The molecule has 0 fully saturated rings. The van der Waals surface area contributed by atoms with E-state index in [2.05, 4.69) is 32.9 Å². The van der Waals surface area contributed by atoms with E-state index in [0.29, 0.717) is 23.7 Å². The Hall–Kier alpha value is -2.49. The van der Waals surface area contributed by atoms with Crippen LogP contribution in [0.5, 0.6) is 11.5 Å². The van der Waals surface area contributed by atoms with Gasteiger partial charge in [0, 0.05) is 11.5 Å². The molecule has 0 atom stereocenters. The van der Waals surface area contributed by atoms with Gasteiger partial charge in [-0.3, -0.25) is 0 Å². The number of hydrogen-bond acceptors (Lipinski definition) is 4. The molecule has 0 N–H and O–H groups in total. The van der Waals surface area contributed by atoms with Crippen molar-refractivity contribution in [2.75, 3.05) is 13.7 Å². The highest BCUT2D eigenvalue weighted by atomic mass is 16.5.